The average Bonchev–Trinajstić information content (AvgIpc) is 2.53. The van der Waals surface area contributed by atoms with Crippen molar-refractivity contribution in [3.8, 4) is 11.5 Å². The van der Waals surface area contributed by atoms with Gasteiger partial charge in [-0.1, -0.05) is 12.2 Å². The minimum atomic E-state index is 0. The van der Waals surface area contributed by atoms with Gasteiger partial charge in [-0.2, -0.15) is 0 Å². The maximum atomic E-state index is 5.52. The summed E-state index contributed by atoms with van der Waals surface area (Å²) in [6.07, 6.45) is 5.07. The van der Waals surface area contributed by atoms with Crippen molar-refractivity contribution in [3.05, 3.63) is 30.4 Å². The van der Waals surface area contributed by atoms with Gasteiger partial charge in [-0.05, 0) is 39.3 Å². The van der Waals surface area contributed by atoms with E-state index in [1.54, 1.807) is 7.11 Å². The molecule has 130 valence electrons. The highest BCUT2D eigenvalue weighted by atomic mass is 127. The van der Waals surface area contributed by atoms with Crippen molar-refractivity contribution in [1.82, 2.24) is 5.32 Å². The summed E-state index contributed by atoms with van der Waals surface area (Å²) >= 11 is 0. The van der Waals surface area contributed by atoms with E-state index in [0.29, 0.717) is 12.4 Å². The third-order valence-electron chi connectivity index (χ3n) is 2.87. The smallest absolute Gasteiger partial charge is 0.195 e. The minimum absolute atomic E-state index is 0. The Kier molecular flexibility index (Phi) is 12.2. The topological polar surface area (TPSA) is 54.9 Å². The maximum Gasteiger partial charge on any atom is 0.195 e. The summed E-state index contributed by atoms with van der Waals surface area (Å²) in [4.78, 5) is 4.53. The third kappa shape index (κ3) is 8.11. The Hall–Kier alpha value is -1.44. The summed E-state index contributed by atoms with van der Waals surface area (Å²) in [7, 11) is 1.64. The van der Waals surface area contributed by atoms with E-state index in [-0.39, 0.29) is 24.0 Å². The maximum absolute atomic E-state index is 5.52. The van der Waals surface area contributed by atoms with Crippen molar-refractivity contribution in [2.75, 3.05) is 32.1 Å². The van der Waals surface area contributed by atoms with E-state index >= 15 is 0 Å². The Bertz CT molecular complexity index is 505. The van der Waals surface area contributed by atoms with Gasteiger partial charge in [0.2, 0.25) is 0 Å². The summed E-state index contributed by atoms with van der Waals surface area (Å²) in [5, 5.41) is 6.51. The molecule has 23 heavy (non-hydrogen) atoms. The fourth-order valence-electron chi connectivity index (χ4n) is 1.88. The van der Waals surface area contributed by atoms with Crippen molar-refractivity contribution in [1.29, 1.82) is 0 Å². The lowest BCUT2D eigenvalue weighted by atomic mass is 10.2. The molecule has 1 rings (SSSR count). The Morgan fingerprint density at radius 3 is 2.65 bits per heavy atom. The summed E-state index contributed by atoms with van der Waals surface area (Å²) in [5.41, 5.74) is 0.908. The van der Waals surface area contributed by atoms with Gasteiger partial charge in [-0.15, -0.1) is 24.0 Å². The lowest BCUT2D eigenvalue weighted by Crippen LogP contribution is -2.30. The van der Waals surface area contributed by atoms with Crippen molar-refractivity contribution < 1.29 is 9.47 Å². The molecule has 0 saturated heterocycles. The van der Waals surface area contributed by atoms with E-state index in [4.69, 9.17) is 9.47 Å². The van der Waals surface area contributed by atoms with Gasteiger partial charge in [0.15, 0.2) is 17.5 Å². The van der Waals surface area contributed by atoms with Crippen LogP contribution in [0.3, 0.4) is 0 Å². The Morgan fingerprint density at radius 2 is 2.04 bits per heavy atom. The molecule has 0 atom stereocenters. The first-order chi connectivity index (χ1) is 10.7. The standard InChI is InChI=1S/C17H27N3O2.HI/c1-5-8-9-12-19-17(18-6-2)20-14-10-11-15(22-7-3)16(13-14)21-4;/h5,8,10-11,13H,6-7,9,12H2,1-4H3,(H2,18,19,20);1H/b8-5+;. The molecule has 0 aromatic heterocycles. The van der Waals surface area contributed by atoms with Crippen LogP contribution in [0.15, 0.2) is 35.3 Å². The SMILES string of the molecule is C/C=C/CCN=C(NCC)Nc1ccc(OCC)c(OC)c1.I. The molecule has 0 amide bonds. The number of hydrogen-bond donors (Lipinski definition) is 2. The van der Waals surface area contributed by atoms with Gasteiger partial charge >= 0.3 is 0 Å². The van der Waals surface area contributed by atoms with E-state index in [1.807, 2.05) is 45.0 Å². The molecule has 1 aromatic carbocycles. The van der Waals surface area contributed by atoms with Crippen molar-refractivity contribution >= 4 is 35.6 Å². The monoisotopic (exact) mass is 433 g/mol. The summed E-state index contributed by atoms with van der Waals surface area (Å²) in [6.45, 7) is 8.17. The lowest BCUT2D eigenvalue weighted by Gasteiger charge is -2.14. The van der Waals surface area contributed by atoms with Crippen LogP contribution in [0.1, 0.15) is 27.2 Å². The molecule has 6 heteroatoms. The molecule has 0 unspecified atom stereocenters. The first-order valence-corrected chi connectivity index (χ1v) is 7.72. The summed E-state index contributed by atoms with van der Waals surface area (Å²) in [6, 6.07) is 5.75. The largest absolute Gasteiger partial charge is 0.493 e. The van der Waals surface area contributed by atoms with Crippen molar-refractivity contribution in [3.63, 3.8) is 0 Å². The predicted octanol–water partition coefficient (Wildman–Crippen LogP) is 4.06. The number of anilines is 1. The minimum Gasteiger partial charge on any atom is -0.493 e. The highest BCUT2D eigenvalue weighted by molar-refractivity contribution is 14.0. The molecular formula is C17H28IN3O2. The van der Waals surface area contributed by atoms with Crippen molar-refractivity contribution in [2.24, 2.45) is 4.99 Å². The van der Waals surface area contributed by atoms with Gasteiger partial charge < -0.3 is 20.1 Å². The molecule has 0 aliphatic heterocycles. The van der Waals surface area contributed by atoms with Gasteiger partial charge in [-0.25, -0.2) is 0 Å². The molecule has 0 bridgehead atoms. The molecule has 0 aliphatic rings. The molecule has 0 aliphatic carbocycles. The molecule has 0 spiro atoms. The van der Waals surface area contributed by atoms with Gasteiger partial charge in [0.05, 0.1) is 13.7 Å². The Morgan fingerprint density at radius 1 is 1.26 bits per heavy atom. The summed E-state index contributed by atoms with van der Waals surface area (Å²) in [5.74, 6) is 2.21. The van der Waals surface area contributed by atoms with Gasteiger partial charge in [0, 0.05) is 24.8 Å². The molecule has 0 saturated carbocycles. The molecule has 0 heterocycles. The van der Waals surface area contributed by atoms with Crippen LogP contribution in [0.4, 0.5) is 5.69 Å². The highest BCUT2D eigenvalue weighted by Crippen LogP contribution is 2.30. The van der Waals surface area contributed by atoms with Crippen LogP contribution in [0.25, 0.3) is 0 Å². The molecular weight excluding hydrogens is 405 g/mol. The van der Waals surface area contributed by atoms with Crippen LogP contribution in [0, 0.1) is 0 Å². The quantitative estimate of drug-likeness (QED) is 0.214. The number of rotatable bonds is 8. The summed E-state index contributed by atoms with van der Waals surface area (Å²) < 4.78 is 10.9. The number of nitrogens with one attached hydrogen (secondary N) is 2. The number of guanidine groups is 1. The average molecular weight is 433 g/mol. The van der Waals surface area contributed by atoms with E-state index < -0.39 is 0 Å². The van der Waals surface area contributed by atoms with Crippen LogP contribution in [0.2, 0.25) is 0 Å². The number of aliphatic imine (C=N–C) groups is 1. The number of methoxy groups -OCH3 is 1. The van der Waals surface area contributed by atoms with E-state index in [2.05, 4.69) is 21.7 Å². The Labute approximate surface area is 156 Å². The number of nitrogens with zero attached hydrogens (tertiary/aromatic N) is 1. The second-order valence-corrected chi connectivity index (χ2v) is 4.54. The zero-order valence-corrected chi connectivity index (χ0v) is 16.7. The van der Waals surface area contributed by atoms with Crippen LogP contribution in [0.5, 0.6) is 11.5 Å². The number of benzene rings is 1. The van der Waals surface area contributed by atoms with Crippen LogP contribution < -0.4 is 20.1 Å². The lowest BCUT2D eigenvalue weighted by molar-refractivity contribution is 0.311. The molecule has 0 fully saturated rings. The van der Waals surface area contributed by atoms with Crippen molar-refractivity contribution in [2.45, 2.75) is 27.2 Å². The van der Waals surface area contributed by atoms with E-state index in [1.165, 1.54) is 0 Å². The van der Waals surface area contributed by atoms with Gasteiger partial charge in [0.1, 0.15) is 0 Å². The molecule has 0 radical (unpaired) electrons. The molecule has 2 N–H and O–H groups in total. The van der Waals surface area contributed by atoms with E-state index in [0.717, 1.165) is 36.9 Å². The van der Waals surface area contributed by atoms with Gasteiger partial charge in [0.25, 0.3) is 0 Å². The van der Waals surface area contributed by atoms with Crippen LogP contribution in [-0.2, 0) is 0 Å². The predicted molar refractivity (Wildman–Crippen MR) is 109 cm³/mol. The first-order valence-electron chi connectivity index (χ1n) is 7.72. The second kappa shape index (κ2) is 13.0. The fourth-order valence-corrected chi connectivity index (χ4v) is 1.88. The molecule has 1 aromatic rings. The third-order valence-corrected chi connectivity index (χ3v) is 2.87. The highest BCUT2D eigenvalue weighted by Gasteiger charge is 2.06. The zero-order chi connectivity index (χ0) is 16.2. The van der Waals surface area contributed by atoms with Gasteiger partial charge in [-0.3, -0.25) is 4.99 Å². The van der Waals surface area contributed by atoms with Crippen LogP contribution >= 0.6 is 24.0 Å². The van der Waals surface area contributed by atoms with Crippen LogP contribution in [-0.4, -0.2) is 32.8 Å². The number of hydrogen-bond acceptors (Lipinski definition) is 3. The zero-order valence-electron chi connectivity index (χ0n) is 14.4. The number of ether oxygens (including phenoxy) is 2. The van der Waals surface area contributed by atoms with E-state index in [9.17, 15) is 0 Å². The molecule has 5 nitrogen and oxygen atoms in total. The Balaban J connectivity index is 0.00000484. The number of allylic oxidation sites excluding steroid dienone is 1. The first kappa shape index (κ1) is 21.6. The number of halogens is 1. The second-order valence-electron chi connectivity index (χ2n) is 4.54. The fraction of sp³-hybridized carbons (Fsp3) is 0.471. The normalized spacial score (nSPS) is 11.0.